The van der Waals surface area contributed by atoms with Gasteiger partial charge < -0.3 is 20.7 Å². The lowest BCUT2D eigenvalue weighted by atomic mass is 9.92. The molecule has 3 N–H and O–H groups in total. The molecule has 154 valence electrons. The van der Waals surface area contributed by atoms with E-state index in [9.17, 15) is 14.4 Å². The third-order valence-electron chi connectivity index (χ3n) is 5.28. The van der Waals surface area contributed by atoms with E-state index in [0.717, 1.165) is 30.8 Å². The molecule has 0 bridgehead atoms. The van der Waals surface area contributed by atoms with Gasteiger partial charge in [0.25, 0.3) is 5.91 Å². The molecule has 2 fully saturated rings. The van der Waals surface area contributed by atoms with E-state index in [-0.39, 0.29) is 24.9 Å². The van der Waals surface area contributed by atoms with E-state index in [1.165, 1.54) is 0 Å². The summed E-state index contributed by atoms with van der Waals surface area (Å²) >= 11 is 0. The number of rotatable bonds is 7. The highest BCUT2D eigenvalue weighted by Gasteiger charge is 2.49. The first-order valence-corrected chi connectivity index (χ1v) is 9.20. The summed E-state index contributed by atoms with van der Waals surface area (Å²) in [7, 11) is 1.56. The minimum Gasteiger partial charge on any atom is -0.497 e. The van der Waals surface area contributed by atoms with Crippen molar-refractivity contribution in [3.63, 3.8) is 0 Å². The van der Waals surface area contributed by atoms with Crippen molar-refractivity contribution in [3.05, 3.63) is 29.8 Å². The van der Waals surface area contributed by atoms with Crippen LogP contribution in [-0.2, 0) is 15.1 Å². The summed E-state index contributed by atoms with van der Waals surface area (Å²) < 4.78 is 5.12. The third-order valence-corrected chi connectivity index (χ3v) is 5.28. The van der Waals surface area contributed by atoms with Gasteiger partial charge in [0.2, 0.25) is 5.91 Å². The molecule has 2 aliphatic rings. The van der Waals surface area contributed by atoms with Gasteiger partial charge in [0.1, 0.15) is 17.8 Å². The fourth-order valence-corrected chi connectivity index (χ4v) is 3.54. The van der Waals surface area contributed by atoms with Gasteiger partial charge in [0.15, 0.2) is 0 Å². The second-order valence-corrected chi connectivity index (χ2v) is 7.17. The fourth-order valence-electron chi connectivity index (χ4n) is 3.54. The molecule has 9 heteroatoms. The van der Waals surface area contributed by atoms with Crippen molar-refractivity contribution >= 4 is 30.3 Å². The molecule has 2 heterocycles. The SMILES string of the molecule is COc1ccc(C2(C)NC(=O)N(CC(=O)NCCC3CCNC3)C2=O)cc1.Cl. The molecule has 2 saturated heterocycles. The van der Waals surface area contributed by atoms with Crippen LogP contribution >= 0.6 is 12.4 Å². The molecule has 1 aromatic carbocycles. The number of imide groups is 1. The van der Waals surface area contributed by atoms with E-state index in [0.29, 0.717) is 23.8 Å². The monoisotopic (exact) mass is 410 g/mol. The Morgan fingerprint density at radius 1 is 1.32 bits per heavy atom. The summed E-state index contributed by atoms with van der Waals surface area (Å²) in [5.41, 5.74) is -0.558. The average molecular weight is 411 g/mol. The quantitative estimate of drug-likeness (QED) is 0.582. The van der Waals surface area contributed by atoms with Gasteiger partial charge in [-0.2, -0.15) is 0 Å². The Bertz CT molecular complexity index is 721. The molecule has 1 aromatic rings. The molecule has 8 nitrogen and oxygen atoms in total. The standard InChI is InChI=1S/C19H26N4O4.ClH/c1-19(14-3-5-15(27-2)6-4-14)17(25)23(18(26)22-19)12-16(24)21-10-8-13-7-9-20-11-13;/h3-6,13,20H,7-12H2,1-2H3,(H,21,24)(H,22,26);1H. The van der Waals surface area contributed by atoms with Crippen LogP contribution < -0.4 is 20.7 Å². The van der Waals surface area contributed by atoms with Crippen LogP contribution in [0.1, 0.15) is 25.3 Å². The topological polar surface area (TPSA) is 99.8 Å². The highest BCUT2D eigenvalue weighted by Crippen LogP contribution is 2.29. The summed E-state index contributed by atoms with van der Waals surface area (Å²) in [6.07, 6.45) is 2.01. The number of methoxy groups -OCH3 is 1. The number of halogens is 1. The highest BCUT2D eigenvalue weighted by atomic mass is 35.5. The van der Waals surface area contributed by atoms with Crippen LogP contribution in [0.25, 0.3) is 0 Å². The Labute approximate surface area is 170 Å². The molecule has 0 aromatic heterocycles. The lowest BCUT2D eigenvalue weighted by Gasteiger charge is -2.22. The van der Waals surface area contributed by atoms with Gasteiger partial charge in [-0.15, -0.1) is 12.4 Å². The van der Waals surface area contributed by atoms with Gasteiger partial charge in [-0.25, -0.2) is 4.79 Å². The molecule has 4 amide bonds. The molecular formula is C19H27ClN4O4. The van der Waals surface area contributed by atoms with Crippen molar-refractivity contribution in [1.29, 1.82) is 0 Å². The number of urea groups is 1. The lowest BCUT2D eigenvalue weighted by molar-refractivity contribution is -0.134. The van der Waals surface area contributed by atoms with E-state index in [1.807, 2.05) is 0 Å². The maximum atomic E-state index is 12.8. The lowest BCUT2D eigenvalue weighted by Crippen LogP contribution is -2.43. The predicted molar refractivity (Wildman–Crippen MR) is 106 cm³/mol. The zero-order valence-corrected chi connectivity index (χ0v) is 16.9. The Morgan fingerprint density at radius 2 is 2.04 bits per heavy atom. The Balaban J connectivity index is 0.00000280. The second kappa shape index (κ2) is 9.25. The number of hydrogen-bond acceptors (Lipinski definition) is 5. The van der Waals surface area contributed by atoms with Gasteiger partial charge >= 0.3 is 6.03 Å². The zero-order valence-electron chi connectivity index (χ0n) is 16.1. The van der Waals surface area contributed by atoms with Crippen LogP contribution in [0.5, 0.6) is 5.75 Å². The molecule has 28 heavy (non-hydrogen) atoms. The van der Waals surface area contributed by atoms with Gasteiger partial charge in [-0.3, -0.25) is 14.5 Å². The number of hydrogen-bond donors (Lipinski definition) is 3. The second-order valence-electron chi connectivity index (χ2n) is 7.17. The molecule has 0 saturated carbocycles. The van der Waals surface area contributed by atoms with E-state index in [4.69, 9.17) is 4.74 Å². The summed E-state index contributed by atoms with van der Waals surface area (Å²) in [6.45, 7) is 3.90. The smallest absolute Gasteiger partial charge is 0.325 e. The first-order chi connectivity index (χ1) is 12.9. The van der Waals surface area contributed by atoms with Crippen molar-refractivity contribution in [1.82, 2.24) is 20.9 Å². The number of nitrogens with zero attached hydrogens (tertiary/aromatic N) is 1. The maximum Gasteiger partial charge on any atom is 0.325 e. The van der Waals surface area contributed by atoms with Crippen LogP contribution in [0.15, 0.2) is 24.3 Å². The van der Waals surface area contributed by atoms with E-state index < -0.39 is 17.5 Å². The molecule has 2 atom stereocenters. The highest BCUT2D eigenvalue weighted by molar-refractivity contribution is 6.09. The van der Waals surface area contributed by atoms with Gasteiger partial charge in [-0.1, -0.05) is 12.1 Å². The van der Waals surface area contributed by atoms with Crippen LogP contribution in [-0.4, -0.2) is 56.0 Å². The van der Waals surface area contributed by atoms with Gasteiger partial charge in [-0.05, 0) is 56.5 Å². The number of ether oxygens (including phenoxy) is 1. The summed E-state index contributed by atoms with van der Waals surface area (Å²) in [5.74, 6) is 0.462. The molecule has 0 aliphatic carbocycles. The van der Waals surface area contributed by atoms with Crippen molar-refractivity contribution < 1.29 is 19.1 Å². The van der Waals surface area contributed by atoms with Crippen LogP contribution in [0, 0.1) is 5.92 Å². The number of nitrogens with one attached hydrogen (secondary N) is 3. The first-order valence-electron chi connectivity index (χ1n) is 9.20. The van der Waals surface area contributed by atoms with Crippen molar-refractivity contribution in [2.24, 2.45) is 5.92 Å². The van der Waals surface area contributed by atoms with Gasteiger partial charge in [0.05, 0.1) is 7.11 Å². The first kappa shape index (κ1) is 22.0. The molecule has 2 unspecified atom stereocenters. The number of carbonyl (C=O) groups is 3. The molecule has 3 rings (SSSR count). The summed E-state index contributed by atoms with van der Waals surface area (Å²) in [4.78, 5) is 38.3. The third kappa shape index (κ3) is 4.56. The number of benzene rings is 1. The predicted octanol–water partition coefficient (Wildman–Crippen LogP) is 1.000. The summed E-state index contributed by atoms with van der Waals surface area (Å²) in [6, 6.07) is 6.36. The van der Waals surface area contributed by atoms with Crippen LogP contribution in [0.4, 0.5) is 4.79 Å². The Kier molecular flexibility index (Phi) is 7.26. The van der Waals surface area contributed by atoms with Crippen molar-refractivity contribution in [2.75, 3.05) is 33.3 Å². The molecule has 0 spiro atoms. The minimum atomic E-state index is -1.20. The van der Waals surface area contributed by atoms with Crippen molar-refractivity contribution in [3.8, 4) is 5.75 Å². The number of amides is 4. The molecular weight excluding hydrogens is 384 g/mol. The van der Waals surface area contributed by atoms with Crippen molar-refractivity contribution in [2.45, 2.75) is 25.3 Å². The van der Waals surface area contributed by atoms with E-state index >= 15 is 0 Å². The molecule has 0 radical (unpaired) electrons. The number of carbonyl (C=O) groups excluding carboxylic acids is 3. The van der Waals surface area contributed by atoms with Crippen LogP contribution in [0.3, 0.4) is 0 Å². The Morgan fingerprint density at radius 3 is 2.64 bits per heavy atom. The fraction of sp³-hybridized carbons (Fsp3) is 0.526. The zero-order chi connectivity index (χ0) is 19.4. The van der Waals surface area contributed by atoms with E-state index in [2.05, 4.69) is 16.0 Å². The maximum absolute atomic E-state index is 12.8. The van der Waals surface area contributed by atoms with Gasteiger partial charge in [0, 0.05) is 6.54 Å². The normalized spacial score (nSPS) is 23.9. The van der Waals surface area contributed by atoms with Crippen LogP contribution in [0.2, 0.25) is 0 Å². The molecule has 2 aliphatic heterocycles. The minimum absolute atomic E-state index is 0. The largest absolute Gasteiger partial charge is 0.497 e. The Hall–Kier alpha value is -2.32. The van der Waals surface area contributed by atoms with E-state index in [1.54, 1.807) is 38.3 Å². The summed E-state index contributed by atoms with van der Waals surface area (Å²) in [5, 5.41) is 8.79. The average Bonchev–Trinajstić information content (AvgIpc) is 3.25.